The molecule has 0 aromatic heterocycles. The van der Waals surface area contributed by atoms with Gasteiger partial charge in [0.15, 0.2) is 5.60 Å². The molecule has 3 nitrogen and oxygen atoms in total. The highest BCUT2D eigenvalue weighted by atomic mass is 19.4. The van der Waals surface area contributed by atoms with Gasteiger partial charge in [-0.2, -0.15) is 13.2 Å². The van der Waals surface area contributed by atoms with Gasteiger partial charge in [-0.15, -0.1) is 0 Å². The molecular formula is C14H19F3N2O. The van der Waals surface area contributed by atoms with Crippen LogP contribution < -0.4 is 5.73 Å². The van der Waals surface area contributed by atoms with E-state index in [1.54, 1.807) is 4.90 Å². The molecule has 1 fully saturated rings. The number of nitrogens with zero attached hydrogens (tertiary/aromatic N) is 1. The number of hydrogen-bond donors (Lipinski definition) is 2. The van der Waals surface area contributed by atoms with Gasteiger partial charge < -0.3 is 10.8 Å². The van der Waals surface area contributed by atoms with Crippen molar-refractivity contribution in [2.75, 3.05) is 19.6 Å². The number of benzene rings is 1. The van der Waals surface area contributed by atoms with Crippen molar-refractivity contribution >= 4 is 0 Å². The van der Waals surface area contributed by atoms with Crippen LogP contribution in [-0.4, -0.2) is 47.5 Å². The summed E-state index contributed by atoms with van der Waals surface area (Å²) in [5, 5.41) is 9.70. The summed E-state index contributed by atoms with van der Waals surface area (Å²) in [4.78, 5) is 1.64. The maximum atomic E-state index is 12.8. The summed E-state index contributed by atoms with van der Waals surface area (Å²) < 4.78 is 38.4. The lowest BCUT2D eigenvalue weighted by Crippen LogP contribution is -2.50. The molecule has 1 heterocycles. The second kappa shape index (κ2) is 5.71. The number of rotatable bonds is 4. The number of likely N-dealkylation sites (tertiary alicyclic amines) is 1. The Bertz CT molecular complexity index is 438. The smallest absolute Gasteiger partial charge is 0.379 e. The van der Waals surface area contributed by atoms with Crippen LogP contribution in [-0.2, 0) is 6.42 Å². The zero-order valence-electron chi connectivity index (χ0n) is 11.1. The third-order valence-electron chi connectivity index (χ3n) is 3.91. The van der Waals surface area contributed by atoms with E-state index in [-0.39, 0.29) is 25.6 Å². The molecule has 6 heteroatoms. The lowest BCUT2D eigenvalue weighted by Gasteiger charge is -2.30. The van der Waals surface area contributed by atoms with Gasteiger partial charge in [-0.1, -0.05) is 30.3 Å². The summed E-state index contributed by atoms with van der Waals surface area (Å²) in [6.45, 7) is 0.0821. The molecule has 0 aliphatic carbocycles. The first-order valence-electron chi connectivity index (χ1n) is 6.63. The Morgan fingerprint density at radius 3 is 2.45 bits per heavy atom. The largest absolute Gasteiger partial charge is 0.418 e. The van der Waals surface area contributed by atoms with Crippen LogP contribution in [0.2, 0.25) is 0 Å². The molecule has 20 heavy (non-hydrogen) atoms. The standard InChI is InChI=1S/C14H19F3N2O/c15-14(16,17)13(20)6-7-19(10-13)12(9-18)8-11-4-2-1-3-5-11/h1-5,12,20H,6-10,18H2. The fourth-order valence-corrected chi connectivity index (χ4v) is 2.61. The van der Waals surface area contributed by atoms with Crippen LogP contribution in [0.4, 0.5) is 13.2 Å². The molecule has 0 radical (unpaired) electrons. The van der Waals surface area contributed by atoms with Crippen LogP contribution in [0.1, 0.15) is 12.0 Å². The molecule has 1 aromatic carbocycles. The predicted octanol–water partition coefficient (Wildman–Crippen LogP) is 1.56. The van der Waals surface area contributed by atoms with Gasteiger partial charge in [0, 0.05) is 25.7 Å². The van der Waals surface area contributed by atoms with Gasteiger partial charge >= 0.3 is 6.18 Å². The fraction of sp³-hybridized carbons (Fsp3) is 0.571. The molecule has 112 valence electrons. The van der Waals surface area contributed by atoms with Gasteiger partial charge in [0.1, 0.15) is 0 Å². The summed E-state index contributed by atoms with van der Waals surface area (Å²) in [5.74, 6) is 0. The normalized spacial score (nSPS) is 25.9. The Morgan fingerprint density at radius 2 is 1.95 bits per heavy atom. The molecule has 1 saturated heterocycles. The zero-order chi connectivity index (χ0) is 14.8. The van der Waals surface area contributed by atoms with E-state index in [0.717, 1.165) is 5.56 Å². The van der Waals surface area contributed by atoms with Crippen LogP contribution in [0.15, 0.2) is 30.3 Å². The van der Waals surface area contributed by atoms with Crippen molar-refractivity contribution < 1.29 is 18.3 Å². The SMILES string of the molecule is NCC(Cc1ccccc1)N1CCC(O)(C(F)(F)F)C1. The highest BCUT2D eigenvalue weighted by molar-refractivity contribution is 5.16. The minimum atomic E-state index is -4.59. The van der Waals surface area contributed by atoms with Crippen LogP contribution in [0.3, 0.4) is 0 Å². The number of aliphatic hydroxyl groups is 1. The number of nitrogens with two attached hydrogens (primary N) is 1. The van der Waals surface area contributed by atoms with E-state index >= 15 is 0 Å². The number of hydrogen-bond acceptors (Lipinski definition) is 3. The quantitative estimate of drug-likeness (QED) is 0.884. The average Bonchev–Trinajstić information content (AvgIpc) is 2.81. The van der Waals surface area contributed by atoms with Gasteiger partial charge in [0.05, 0.1) is 0 Å². The zero-order valence-corrected chi connectivity index (χ0v) is 11.1. The van der Waals surface area contributed by atoms with E-state index in [1.807, 2.05) is 30.3 Å². The molecule has 0 spiro atoms. The topological polar surface area (TPSA) is 49.5 Å². The summed E-state index contributed by atoms with van der Waals surface area (Å²) in [7, 11) is 0. The molecule has 1 aromatic rings. The molecule has 0 saturated carbocycles. The maximum absolute atomic E-state index is 12.8. The lowest BCUT2D eigenvalue weighted by molar-refractivity contribution is -0.254. The second-order valence-corrected chi connectivity index (χ2v) is 5.33. The Kier molecular flexibility index (Phi) is 4.36. The Balaban J connectivity index is 2.04. The van der Waals surface area contributed by atoms with Gasteiger partial charge in [-0.3, -0.25) is 4.90 Å². The average molecular weight is 288 g/mol. The third kappa shape index (κ3) is 3.13. The van der Waals surface area contributed by atoms with Crippen molar-refractivity contribution in [2.24, 2.45) is 5.73 Å². The Hall–Kier alpha value is -1.11. The minimum Gasteiger partial charge on any atom is -0.379 e. The number of β-amino-alcohol motifs (C(OH)–C–C–N with tert-alkyl or cyclic N) is 1. The minimum absolute atomic E-state index is 0.186. The van der Waals surface area contributed by atoms with E-state index < -0.39 is 18.3 Å². The summed E-state index contributed by atoms with van der Waals surface area (Å²) >= 11 is 0. The third-order valence-corrected chi connectivity index (χ3v) is 3.91. The molecule has 2 atom stereocenters. The van der Waals surface area contributed by atoms with Crippen LogP contribution in [0.5, 0.6) is 0 Å². The molecular weight excluding hydrogens is 269 g/mol. The van der Waals surface area contributed by atoms with E-state index in [2.05, 4.69) is 0 Å². The molecule has 2 unspecified atom stereocenters. The first-order valence-corrected chi connectivity index (χ1v) is 6.63. The molecule has 3 N–H and O–H groups in total. The van der Waals surface area contributed by atoms with Crippen LogP contribution >= 0.6 is 0 Å². The van der Waals surface area contributed by atoms with Crippen LogP contribution in [0, 0.1) is 0 Å². The second-order valence-electron chi connectivity index (χ2n) is 5.33. The Labute approximate surface area is 116 Å². The van der Waals surface area contributed by atoms with E-state index in [9.17, 15) is 18.3 Å². The monoisotopic (exact) mass is 288 g/mol. The summed E-state index contributed by atoms with van der Waals surface area (Å²) in [5.41, 5.74) is 4.13. The predicted molar refractivity (Wildman–Crippen MR) is 70.2 cm³/mol. The van der Waals surface area contributed by atoms with Crippen molar-refractivity contribution in [1.82, 2.24) is 4.90 Å². The lowest BCUT2D eigenvalue weighted by atomic mass is 10.0. The molecule has 2 rings (SSSR count). The maximum Gasteiger partial charge on any atom is 0.418 e. The summed E-state index contributed by atoms with van der Waals surface area (Å²) in [6, 6.07) is 9.33. The number of halogens is 3. The van der Waals surface area contributed by atoms with Crippen molar-refractivity contribution in [1.29, 1.82) is 0 Å². The molecule has 1 aliphatic rings. The van der Waals surface area contributed by atoms with Gasteiger partial charge in [-0.25, -0.2) is 0 Å². The molecule has 0 bridgehead atoms. The van der Waals surface area contributed by atoms with Crippen LogP contribution in [0.25, 0.3) is 0 Å². The Morgan fingerprint density at radius 1 is 1.30 bits per heavy atom. The van der Waals surface area contributed by atoms with Crippen molar-refractivity contribution in [3.63, 3.8) is 0 Å². The van der Waals surface area contributed by atoms with Gasteiger partial charge in [-0.05, 0) is 18.4 Å². The van der Waals surface area contributed by atoms with Gasteiger partial charge in [0.2, 0.25) is 0 Å². The first-order chi connectivity index (χ1) is 9.36. The number of alkyl halides is 3. The molecule has 1 aliphatic heterocycles. The highest BCUT2D eigenvalue weighted by Crippen LogP contribution is 2.38. The van der Waals surface area contributed by atoms with Crippen molar-refractivity contribution in [3.05, 3.63) is 35.9 Å². The first kappa shape index (κ1) is 15.3. The van der Waals surface area contributed by atoms with E-state index in [1.165, 1.54) is 0 Å². The molecule has 0 amide bonds. The fourth-order valence-electron chi connectivity index (χ4n) is 2.61. The van der Waals surface area contributed by atoms with E-state index in [4.69, 9.17) is 5.73 Å². The van der Waals surface area contributed by atoms with Crippen molar-refractivity contribution in [3.8, 4) is 0 Å². The highest BCUT2D eigenvalue weighted by Gasteiger charge is 2.57. The van der Waals surface area contributed by atoms with Gasteiger partial charge in [0.25, 0.3) is 0 Å². The van der Waals surface area contributed by atoms with Crippen molar-refractivity contribution in [2.45, 2.75) is 30.7 Å². The summed E-state index contributed by atoms with van der Waals surface area (Å²) in [6.07, 6.45) is -4.29. The van der Waals surface area contributed by atoms with E-state index in [0.29, 0.717) is 6.42 Å².